The maximum Gasteiger partial charge on any atom is 0.406 e. The van der Waals surface area contributed by atoms with Crippen molar-refractivity contribution in [3.05, 3.63) is 34.3 Å². The highest BCUT2D eigenvalue weighted by Gasteiger charge is 2.63. The molecule has 0 amide bonds. The lowest BCUT2D eigenvalue weighted by Gasteiger charge is -2.27. The zero-order valence-corrected chi connectivity index (χ0v) is 12.1. The standard InChI is InChI=1S/C14H15ClF3NO2/c1-9-2-3-10(6-11(9)15)7-19-5-4-13(8-19,12(20)21)14(16,17)18/h2-3,6H,4-5,7-8H2,1H3,(H,20,21). The number of likely N-dealkylation sites (tertiary alicyclic amines) is 1. The molecule has 1 N–H and O–H groups in total. The molecule has 2 rings (SSSR count). The first-order valence-corrected chi connectivity index (χ1v) is 6.81. The normalized spacial score (nSPS) is 23.5. The van der Waals surface area contributed by atoms with Gasteiger partial charge < -0.3 is 5.11 Å². The van der Waals surface area contributed by atoms with Crippen molar-refractivity contribution >= 4 is 17.6 Å². The molecule has 21 heavy (non-hydrogen) atoms. The molecule has 1 aromatic carbocycles. The molecule has 1 fully saturated rings. The van der Waals surface area contributed by atoms with Crippen LogP contribution in [0.4, 0.5) is 13.2 Å². The molecule has 116 valence electrons. The summed E-state index contributed by atoms with van der Waals surface area (Å²) in [5, 5.41) is 9.54. The number of aliphatic carboxylic acids is 1. The molecule has 1 aliphatic heterocycles. The Morgan fingerprint density at radius 2 is 2.14 bits per heavy atom. The van der Waals surface area contributed by atoms with Crippen molar-refractivity contribution < 1.29 is 23.1 Å². The maximum absolute atomic E-state index is 13.1. The van der Waals surface area contributed by atoms with Gasteiger partial charge in [-0.05, 0) is 30.5 Å². The molecule has 7 heteroatoms. The van der Waals surface area contributed by atoms with E-state index in [-0.39, 0.29) is 13.1 Å². The number of rotatable bonds is 3. The summed E-state index contributed by atoms with van der Waals surface area (Å²) in [5.41, 5.74) is -1.01. The molecule has 1 aromatic rings. The van der Waals surface area contributed by atoms with Gasteiger partial charge in [-0.2, -0.15) is 13.2 Å². The third kappa shape index (κ3) is 3.01. The third-order valence-corrected chi connectivity index (χ3v) is 4.35. The second-order valence-corrected chi connectivity index (χ2v) is 5.84. The van der Waals surface area contributed by atoms with Gasteiger partial charge in [0.25, 0.3) is 0 Å². The highest BCUT2D eigenvalue weighted by molar-refractivity contribution is 6.31. The van der Waals surface area contributed by atoms with Crippen LogP contribution in [0.1, 0.15) is 17.5 Å². The van der Waals surface area contributed by atoms with Crippen molar-refractivity contribution in [1.29, 1.82) is 0 Å². The molecule has 1 atom stereocenters. The quantitative estimate of drug-likeness (QED) is 0.926. The number of carboxylic acid groups (broad SMARTS) is 1. The van der Waals surface area contributed by atoms with Gasteiger partial charge in [0, 0.05) is 24.7 Å². The fourth-order valence-electron chi connectivity index (χ4n) is 2.54. The van der Waals surface area contributed by atoms with Gasteiger partial charge in [-0.3, -0.25) is 9.69 Å². The van der Waals surface area contributed by atoms with Gasteiger partial charge in [0.1, 0.15) is 0 Å². The van der Waals surface area contributed by atoms with Crippen molar-refractivity contribution in [2.45, 2.75) is 26.1 Å². The molecule has 0 radical (unpaired) electrons. The summed E-state index contributed by atoms with van der Waals surface area (Å²) in [6.07, 6.45) is -5.18. The molecule has 1 unspecified atom stereocenters. The lowest BCUT2D eigenvalue weighted by Crippen LogP contribution is -2.47. The van der Waals surface area contributed by atoms with E-state index in [0.29, 0.717) is 5.02 Å². The van der Waals surface area contributed by atoms with Gasteiger partial charge in [-0.1, -0.05) is 23.7 Å². The summed E-state index contributed by atoms with van der Waals surface area (Å²) in [7, 11) is 0. The number of hydrogen-bond acceptors (Lipinski definition) is 2. The van der Waals surface area contributed by atoms with E-state index < -0.39 is 30.5 Å². The Kier molecular flexibility index (Phi) is 4.22. The number of nitrogens with zero attached hydrogens (tertiary/aromatic N) is 1. The van der Waals surface area contributed by atoms with Gasteiger partial charge in [-0.15, -0.1) is 0 Å². The molecule has 3 nitrogen and oxygen atoms in total. The van der Waals surface area contributed by atoms with E-state index in [1.165, 1.54) is 4.90 Å². The molecule has 0 saturated carbocycles. The molecule has 0 aromatic heterocycles. The van der Waals surface area contributed by atoms with Gasteiger partial charge >= 0.3 is 12.1 Å². The lowest BCUT2D eigenvalue weighted by molar-refractivity contribution is -0.227. The molecule has 0 aliphatic carbocycles. The maximum atomic E-state index is 13.1. The average molecular weight is 322 g/mol. The summed E-state index contributed by atoms with van der Waals surface area (Å²) in [4.78, 5) is 12.6. The van der Waals surface area contributed by atoms with Crippen molar-refractivity contribution in [1.82, 2.24) is 4.90 Å². The topological polar surface area (TPSA) is 40.5 Å². The number of aryl methyl sites for hydroxylation is 1. The van der Waals surface area contributed by atoms with Crippen molar-refractivity contribution in [2.24, 2.45) is 5.41 Å². The van der Waals surface area contributed by atoms with Crippen LogP contribution in [0, 0.1) is 12.3 Å². The van der Waals surface area contributed by atoms with Crippen LogP contribution in [0.5, 0.6) is 0 Å². The molecule has 1 heterocycles. The minimum atomic E-state index is -4.75. The Morgan fingerprint density at radius 3 is 2.62 bits per heavy atom. The summed E-state index contributed by atoms with van der Waals surface area (Å²) in [5.74, 6) is -1.81. The lowest BCUT2D eigenvalue weighted by atomic mass is 9.86. The van der Waals surface area contributed by atoms with E-state index in [2.05, 4.69) is 0 Å². The van der Waals surface area contributed by atoms with Crippen LogP contribution in [0.3, 0.4) is 0 Å². The van der Waals surface area contributed by atoms with Crippen LogP contribution in [-0.4, -0.2) is 35.2 Å². The van der Waals surface area contributed by atoms with E-state index in [4.69, 9.17) is 16.7 Å². The van der Waals surface area contributed by atoms with Crippen LogP contribution in [0.25, 0.3) is 0 Å². The average Bonchev–Trinajstić information content (AvgIpc) is 2.79. The second-order valence-electron chi connectivity index (χ2n) is 5.43. The van der Waals surface area contributed by atoms with Gasteiger partial charge in [0.2, 0.25) is 0 Å². The Labute approximate surface area is 125 Å². The van der Waals surface area contributed by atoms with Crippen LogP contribution >= 0.6 is 11.6 Å². The smallest absolute Gasteiger partial charge is 0.406 e. The molecule has 0 spiro atoms. The van der Waals surface area contributed by atoms with Crippen LogP contribution in [0.2, 0.25) is 5.02 Å². The molecular weight excluding hydrogens is 307 g/mol. The molecule has 1 aliphatic rings. The monoisotopic (exact) mass is 321 g/mol. The van der Waals surface area contributed by atoms with E-state index in [1.54, 1.807) is 18.2 Å². The summed E-state index contributed by atoms with van der Waals surface area (Å²) in [6.45, 7) is 1.65. The highest BCUT2D eigenvalue weighted by atomic mass is 35.5. The molecule has 1 saturated heterocycles. The molecule has 0 bridgehead atoms. The van der Waals surface area contributed by atoms with Gasteiger partial charge in [0.15, 0.2) is 5.41 Å². The zero-order valence-electron chi connectivity index (χ0n) is 11.4. The van der Waals surface area contributed by atoms with Crippen LogP contribution < -0.4 is 0 Å². The number of alkyl halides is 3. The first kappa shape index (κ1) is 16.1. The SMILES string of the molecule is Cc1ccc(CN2CCC(C(=O)O)(C(F)(F)F)C2)cc1Cl. The van der Waals surface area contributed by atoms with Crippen LogP contribution in [0.15, 0.2) is 18.2 Å². The Balaban J connectivity index is 2.14. The minimum absolute atomic E-state index is 0.0945. The highest BCUT2D eigenvalue weighted by Crippen LogP contribution is 2.46. The van der Waals surface area contributed by atoms with E-state index >= 15 is 0 Å². The second kappa shape index (κ2) is 5.50. The minimum Gasteiger partial charge on any atom is -0.481 e. The van der Waals surface area contributed by atoms with Crippen molar-refractivity contribution in [3.8, 4) is 0 Å². The first-order valence-electron chi connectivity index (χ1n) is 6.43. The van der Waals surface area contributed by atoms with Crippen molar-refractivity contribution in [2.75, 3.05) is 13.1 Å². The number of halogens is 4. The summed E-state index contributed by atoms with van der Waals surface area (Å²) >= 11 is 5.99. The Morgan fingerprint density at radius 1 is 1.48 bits per heavy atom. The zero-order chi connectivity index (χ0) is 15.8. The van der Waals surface area contributed by atoms with Gasteiger partial charge in [-0.25, -0.2) is 0 Å². The Hall–Kier alpha value is -1.27. The van der Waals surface area contributed by atoms with Crippen LogP contribution in [-0.2, 0) is 11.3 Å². The number of benzene rings is 1. The first-order chi connectivity index (χ1) is 9.65. The number of hydrogen-bond donors (Lipinski definition) is 1. The number of carboxylic acids is 1. The summed E-state index contributed by atoms with van der Waals surface area (Å²) < 4.78 is 39.2. The van der Waals surface area contributed by atoms with E-state index in [0.717, 1.165) is 11.1 Å². The summed E-state index contributed by atoms with van der Waals surface area (Å²) in [6, 6.07) is 5.28. The largest absolute Gasteiger partial charge is 0.481 e. The van der Waals surface area contributed by atoms with E-state index in [9.17, 15) is 18.0 Å². The predicted molar refractivity (Wildman–Crippen MR) is 72.2 cm³/mol. The van der Waals surface area contributed by atoms with Crippen molar-refractivity contribution in [3.63, 3.8) is 0 Å². The van der Waals surface area contributed by atoms with E-state index in [1.807, 2.05) is 6.92 Å². The number of carbonyl (C=O) groups is 1. The predicted octanol–water partition coefficient (Wildman–Crippen LogP) is 3.49. The van der Waals surface area contributed by atoms with Gasteiger partial charge in [0.05, 0.1) is 0 Å². The third-order valence-electron chi connectivity index (χ3n) is 3.94. The fraction of sp³-hybridized carbons (Fsp3) is 0.500. The fourth-order valence-corrected chi connectivity index (χ4v) is 2.75. The molecular formula is C14H15ClF3NO2. The Bertz CT molecular complexity index is 562.